The van der Waals surface area contributed by atoms with Crippen molar-refractivity contribution in [1.29, 1.82) is 0 Å². The molecule has 29 heavy (non-hydrogen) atoms. The fraction of sp³-hybridized carbons (Fsp3) is 0.250. The Hall–Kier alpha value is -2.79. The molecular formula is C24H24N2O2S. The second-order valence-corrected chi connectivity index (χ2v) is 8.38. The van der Waals surface area contributed by atoms with E-state index < -0.39 is 0 Å². The largest absolute Gasteiger partial charge is 0.352 e. The summed E-state index contributed by atoms with van der Waals surface area (Å²) < 4.78 is 0. The lowest BCUT2D eigenvalue weighted by molar-refractivity contribution is -0.112. The highest BCUT2D eigenvalue weighted by Crippen LogP contribution is 2.39. The molecule has 1 aliphatic carbocycles. The first kappa shape index (κ1) is 19.5. The molecule has 0 radical (unpaired) electrons. The lowest BCUT2D eigenvalue weighted by atomic mass is 9.97. The number of benzene rings is 2. The number of thioether (sulfide) groups is 1. The Labute approximate surface area is 175 Å². The van der Waals surface area contributed by atoms with Crippen LogP contribution < -0.4 is 10.6 Å². The van der Waals surface area contributed by atoms with Gasteiger partial charge in [0.1, 0.15) is 0 Å². The summed E-state index contributed by atoms with van der Waals surface area (Å²) in [5, 5.41) is 5.91. The van der Waals surface area contributed by atoms with Crippen molar-refractivity contribution in [2.45, 2.75) is 37.0 Å². The van der Waals surface area contributed by atoms with E-state index in [9.17, 15) is 9.59 Å². The van der Waals surface area contributed by atoms with E-state index in [1.54, 1.807) is 6.07 Å². The number of hydrogen-bond acceptors (Lipinski definition) is 3. The number of fused-ring (bicyclic) bond motifs is 1. The molecule has 2 aliphatic rings. The van der Waals surface area contributed by atoms with E-state index in [1.807, 2.05) is 48.5 Å². The number of amides is 2. The maximum atomic E-state index is 12.5. The molecule has 1 heterocycles. The predicted octanol–water partition coefficient (Wildman–Crippen LogP) is 5.39. The van der Waals surface area contributed by atoms with Crippen molar-refractivity contribution in [2.24, 2.45) is 0 Å². The van der Waals surface area contributed by atoms with Crippen molar-refractivity contribution >= 4 is 35.3 Å². The van der Waals surface area contributed by atoms with E-state index >= 15 is 0 Å². The number of allylic oxidation sites excluding steroid dienone is 1. The number of hydrogen-bond donors (Lipinski definition) is 2. The van der Waals surface area contributed by atoms with Gasteiger partial charge in [-0.25, -0.2) is 0 Å². The maximum absolute atomic E-state index is 12.5. The molecule has 5 heteroatoms. The quantitative estimate of drug-likeness (QED) is 0.519. The van der Waals surface area contributed by atoms with Crippen LogP contribution in [0.25, 0.3) is 6.08 Å². The van der Waals surface area contributed by atoms with E-state index in [-0.39, 0.29) is 11.8 Å². The van der Waals surface area contributed by atoms with Crippen LogP contribution in [0, 0.1) is 0 Å². The highest BCUT2D eigenvalue weighted by molar-refractivity contribution is 8.04. The minimum Gasteiger partial charge on any atom is -0.352 e. The van der Waals surface area contributed by atoms with Crippen molar-refractivity contribution in [3.8, 4) is 0 Å². The summed E-state index contributed by atoms with van der Waals surface area (Å²) in [5.74, 6) is -0.248. The van der Waals surface area contributed by atoms with Crippen LogP contribution in [-0.4, -0.2) is 18.4 Å². The lowest BCUT2D eigenvalue weighted by Gasteiger charge is -2.19. The molecule has 4 nitrogen and oxygen atoms in total. The standard InChI is InChI=1S/C24H24N2O2S/c27-23(25-14-13-17-7-3-1-4-8-17)19-11-12-21-20(16-19)26-24(28)22(29-21)15-18-9-5-2-6-10-18/h2,5-7,9-12,15-16H,1,3-4,8,13-14H2,(H,25,27)(H,26,28). The monoisotopic (exact) mass is 404 g/mol. The third-order valence-corrected chi connectivity index (χ3v) is 6.25. The van der Waals surface area contributed by atoms with Gasteiger partial charge in [-0.2, -0.15) is 0 Å². The molecule has 0 aromatic heterocycles. The van der Waals surface area contributed by atoms with E-state index in [0.717, 1.165) is 29.7 Å². The van der Waals surface area contributed by atoms with Gasteiger partial charge in [-0.1, -0.05) is 53.7 Å². The first-order valence-corrected chi connectivity index (χ1v) is 10.9. The smallest absolute Gasteiger partial charge is 0.262 e. The summed E-state index contributed by atoms with van der Waals surface area (Å²) in [5.41, 5.74) is 3.69. The second kappa shape index (κ2) is 9.14. The van der Waals surface area contributed by atoms with Gasteiger partial charge in [0.2, 0.25) is 0 Å². The van der Waals surface area contributed by atoms with Gasteiger partial charge in [-0.05, 0) is 61.9 Å². The molecule has 0 fully saturated rings. The molecule has 2 aromatic rings. The van der Waals surface area contributed by atoms with Crippen LogP contribution in [0.2, 0.25) is 0 Å². The van der Waals surface area contributed by atoms with Gasteiger partial charge in [0.05, 0.1) is 10.6 Å². The molecular weight excluding hydrogens is 380 g/mol. The Bertz CT molecular complexity index is 980. The summed E-state index contributed by atoms with van der Waals surface area (Å²) in [7, 11) is 0. The second-order valence-electron chi connectivity index (χ2n) is 7.30. The Morgan fingerprint density at radius 2 is 2.00 bits per heavy atom. The number of rotatable bonds is 5. The molecule has 0 spiro atoms. The van der Waals surface area contributed by atoms with E-state index in [2.05, 4.69) is 16.7 Å². The van der Waals surface area contributed by atoms with Crippen molar-refractivity contribution in [1.82, 2.24) is 5.32 Å². The van der Waals surface area contributed by atoms with Gasteiger partial charge in [-0.15, -0.1) is 0 Å². The van der Waals surface area contributed by atoms with Gasteiger partial charge in [0, 0.05) is 17.0 Å². The van der Waals surface area contributed by atoms with E-state index in [1.165, 1.54) is 30.2 Å². The average molecular weight is 405 g/mol. The molecule has 2 aromatic carbocycles. The van der Waals surface area contributed by atoms with Gasteiger partial charge in [0.25, 0.3) is 11.8 Å². The molecule has 0 saturated heterocycles. The Morgan fingerprint density at radius 1 is 1.14 bits per heavy atom. The zero-order valence-corrected chi connectivity index (χ0v) is 17.1. The van der Waals surface area contributed by atoms with Crippen LogP contribution >= 0.6 is 11.8 Å². The number of carbonyl (C=O) groups excluding carboxylic acids is 2. The van der Waals surface area contributed by atoms with Crippen molar-refractivity contribution < 1.29 is 9.59 Å². The van der Waals surface area contributed by atoms with Crippen molar-refractivity contribution in [2.75, 3.05) is 11.9 Å². The van der Waals surface area contributed by atoms with Crippen LogP contribution in [0.1, 0.15) is 48.0 Å². The van der Waals surface area contributed by atoms with Crippen LogP contribution in [0.4, 0.5) is 5.69 Å². The third-order valence-electron chi connectivity index (χ3n) is 5.15. The fourth-order valence-corrected chi connectivity index (χ4v) is 4.50. The van der Waals surface area contributed by atoms with Gasteiger partial charge >= 0.3 is 0 Å². The van der Waals surface area contributed by atoms with Gasteiger partial charge in [-0.3, -0.25) is 9.59 Å². The minimum absolute atomic E-state index is 0.103. The predicted molar refractivity (Wildman–Crippen MR) is 119 cm³/mol. The van der Waals surface area contributed by atoms with Gasteiger partial charge < -0.3 is 10.6 Å². The van der Waals surface area contributed by atoms with Crippen LogP contribution in [0.15, 0.2) is 70.0 Å². The van der Waals surface area contributed by atoms with E-state index in [0.29, 0.717) is 22.7 Å². The molecule has 4 rings (SSSR count). The lowest BCUT2D eigenvalue weighted by Crippen LogP contribution is -2.25. The summed E-state index contributed by atoms with van der Waals surface area (Å²) >= 11 is 1.43. The highest BCUT2D eigenvalue weighted by atomic mass is 32.2. The zero-order chi connectivity index (χ0) is 20.1. The van der Waals surface area contributed by atoms with Crippen molar-refractivity contribution in [3.05, 3.63) is 76.2 Å². The number of nitrogens with one attached hydrogen (secondary N) is 2. The SMILES string of the molecule is O=C1Nc2cc(C(=O)NCCC3=CCCCC3)ccc2SC1=Cc1ccccc1. The first-order valence-electron chi connectivity index (χ1n) is 10.1. The summed E-state index contributed by atoms with van der Waals surface area (Å²) in [6, 6.07) is 15.2. The topological polar surface area (TPSA) is 58.2 Å². The molecule has 1 aliphatic heterocycles. The summed E-state index contributed by atoms with van der Waals surface area (Å²) in [6.07, 6.45) is 9.94. The zero-order valence-electron chi connectivity index (χ0n) is 16.2. The highest BCUT2D eigenvalue weighted by Gasteiger charge is 2.22. The maximum Gasteiger partial charge on any atom is 0.262 e. The molecule has 0 atom stereocenters. The normalized spacial score (nSPS) is 17.3. The van der Waals surface area contributed by atoms with Crippen molar-refractivity contribution in [3.63, 3.8) is 0 Å². The molecule has 2 N–H and O–H groups in total. The Balaban J connectivity index is 1.41. The molecule has 2 amide bonds. The molecule has 0 unspecified atom stereocenters. The number of anilines is 1. The van der Waals surface area contributed by atoms with Crippen LogP contribution in [0.5, 0.6) is 0 Å². The Morgan fingerprint density at radius 3 is 2.79 bits per heavy atom. The Kier molecular flexibility index (Phi) is 6.15. The summed E-state index contributed by atoms with van der Waals surface area (Å²) in [6.45, 7) is 0.646. The first-order chi connectivity index (χ1) is 14.2. The fourth-order valence-electron chi connectivity index (χ4n) is 3.57. The summed E-state index contributed by atoms with van der Waals surface area (Å²) in [4.78, 5) is 26.6. The van der Waals surface area contributed by atoms with Gasteiger partial charge in [0.15, 0.2) is 0 Å². The third kappa shape index (κ3) is 4.98. The van der Waals surface area contributed by atoms with Crippen LogP contribution in [0.3, 0.4) is 0 Å². The molecule has 148 valence electrons. The number of carbonyl (C=O) groups is 2. The van der Waals surface area contributed by atoms with E-state index in [4.69, 9.17) is 0 Å². The molecule has 0 saturated carbocycles. The minimum atomic E-state index is -0.145. The van der Waals surface area contributed by atoms with Crippen LogP contribution in [-0.2, 0) is 4.79 Å². The average Bonchev–Trinajstić information content (AvgIpc) is 2.75. The molecule has 0 bridgehead atoms.